The first kappa shape index (κ1) is 18.3. The van der Waals surface area contributed by atoms with E-state index in [1.54, 1.807) is 0 Å². The zero-order chi connectivity index (χ0) is 16.9. The number of rotatable bonds is 7. The molecule has 0 aliphatic heterocycles. The Balaban J connectivity index is 3.00. The highest BCUT2D eigenvalue weighted by molar-refractivity contribution is 7.92. The summed E-state index contributed by atoms with van der Waals surface area (Å²) >= 11 is 0. The van der Waals surface area contributed by atoms with Crippen LogP contribution < -0.4 is 9.62 Å². The fourth-order valence-corrected chi connectivity index (χ4v) is 2.79. The molecule has 8 heteroatoms. The molecule has 0 unspecified atom stereocenters. The Morgan fingerprint density at radius 3 is 2.27 bits per heavy atom. The van der Waals surface area contributed by atoms with Gasteiger partial charge in [-0.15, -0.1) is 0 Å². The summed E-state index contributed by atoms with van der Waals surface area (Å²) in [7, 11) is -3.81. The van der Waals surface area contributed by atoms with Gasteiger partial charge in [0.05, 0.1) is 11.9 Å². The Morgan fingerprint density at radius 2 is 1.82 bits per heavy atom. The fourth-order valence-electron chi connectivity index (χ4n) is 1.94. The summed E-state index contributed by atoms with van der Waals surface area (Å²) in [5, 5.41) is 2.70. The lowest BCUT2D eigenvalue weighted by Crippen LogP contribution is -2.43. The summed E-state index contributed by atoms with van der Waals surface area (Å²) in [5.41, 5.74) is -0.0962. The van der Waals surface area contributed by atoms with Crippen molar-refractivity contribution in [2.24, 2.45) is 0 Å². The quantitative estimate of drug-likeness (QED) is 0.830. The van der Waals surface area contributed by atoms with Crippen molar-refractivity contribution in [1.82, 2.24) is 5.32 Å². The Morgan fingerprint density at radius 1 is 1.23 bits per heavy atom. The third-order valence-electron chi connectivity index (χ3n) is 3.23. The van der Waals surface area contributed by atoms with E-state index < -0.39 is 34.1 Å². The minimum Gasteiger partial charge on any atom is -0.352 e. The van der Waals surface area contributed by atoms with Crippen LogP contribution in [0.4, 0.5) is 14.5 Å². The van der Waals surface area contributed by atoms with Gasteiger partial charge in [0.2, 0.25) is 15.9 Å². The highest BCUT2D eigenvalue weighted by Gasteiger charge is 2.22. The maximum absolute atomic E-state index is 13.3. The number of hydrogen-bond acceptors (Lipinski definition) is 3. The van der Waals surface area contributed by atoms with Gasteiger partial charge in [0.15, 0.2) is 11.6 Å². The van der Waals surface area contributed by atoms with Crippen LogP contribution in [0.25, 0.3) is 0 Å². The van der Waals surface area contributed by atoms with Crippen molar-refractivity contribution in [3.8, 4) is 0 Å². The van der Waals surface area contributed by atoms with Crippen LogP contribution in [0.2, 0.25) is 0 Å². The number of hydrogen-bond donors (Lipinski definition) is 1. The number of benzene rings is 1. The molecule has 1 rings (SSSR count). The Bertz CT molecular complexity index is 631. The molecule has 1 N–H and O–H groups in total. The first-order valence-electron chi connectivity index (χ1n) is 6.91. The summed E-state index contributed by atoms with van der Waals surface area (Å²) in [6.45, 7) is 3.32. The fraction of sp³-hybridized carbons (Fsp3) is 0.500. The van der Waals surface area contributed by atoms with Crippen LogP contribution >= 0.6 is 0 Å². The predicted octanol–water partition coefficient (Wildman–Crippen LogP) is 2.04. The van der Waals surface area contributed by atoms with E-state index in [0.29, 0.717) is 12.8 Å². The molecule has 0 heterocycles. The summed E-state index contributed by atoms with van der Waals surface area (Å²) in [5.74, 6) is -2.76. The maximum Gasteiger partial charge on any atom is 0.240 e. The van der Waals surface area contributed by atoms with E-state index >= 15 is 0 Å². The van der Waals surface area contributed by atoms with Gasteiger partial charge in [0.25, 0.3) is 0 Å². The van der Waals surface area contributed by atoms with Crippen molar-refractivity contribution in [2.75, 3.05) is 17.1 Å². The topological polar surface area (TPSA) is 66.5 Å². The molecule has 1 amide bonds. The molecule has 1 aromatic carbocycles. The van der Waals surface area contributed by atoms with E-state index in [1.165, 1.54) is 0 Å². The van der Waals surface area contributed by atoms with Crippen LogP contribution in [0.3, 0.4) is 0 Å². The van der Waals surface area contributed by atoms with Crippen molar-refractivity contribution in [2.45, 2.75) is 32.7 Å². The molecular weight excluding hydrogens is 314 g/mol. The lowest BCUT2D eigenvalue weighted by Gasteiger charge is -2.23. The number of sulfonamides is 1. The van der Waals surface area contributed by atoms with Gasteiger partial charge >= 0.3 is 0 Å². The summed E-state index contributed by atoms with van der Waals surface area (Å²) < 4.78 is 50.6. The molecule has 5 nitrogen and oxygen atoms in total. The average molecular weight is 334 g/mol. The number of nitrogens with zero attached hydrogens (tertiary/aromatic N) is 1. The second kappa shape index (κ2) is 7.53. The van der Waals surface area contributed by atoms with Crippen molar-refractivity contribution in [3.63, 3.8) is 0 Å². The normalized spacial score (nSPS) is 11.5. The van der Waals surface area contributed by atoms with Crippen molar-refractivity contribution in [1.29, 1.82) is 0 Å². The summed E-state index contributed by atoms with van der Waals surface area (Å²) in [6, 6.07) is 2.63. The number of anilines is 1. The lowest BCUT2D eigenvalue weighted by molar-refractivity contribution is -0.120. The Hall–Kier alpha value is -1.70. The second-order valence-corrected chi connectivity index (χ2v) is 6.86. The van der Waals surface area contributed by atoms with Crippen molar-refractivity contribution >= 4 is 21.6 Å². The smallest absolute Gasteiger partial charge is 0.240 e. The first-order chi connectivity index (χ1) is 10.2. The maximum atomic E-state index is 13.3. The van der Waals surface area contributed by atoms with Gasteiger partial charge < -0.3 is 5.32 Å². The first-order valence-corrected chi connectivity index (χ1v) is 8.76. The molecule has 0 fully saturated rings. The molecule has 0 radical (unpaired) electrons. The third-order valence-corrected chi connectivity index (χ3v) is 4.37. The Labute approximate surface area is 129 Å². The monoisotopic (exact) mass is 334 g/mol. The van der Waals surface area contributed by atoms with E-state index in [-0.39, 0.29) is 11.7 Å². The van der Waals surface area contributed by atoms with E-state index in [1.807, 2.05) is 13.8 Å². The molecule has 0 saturated carbocycles. The molecule has 0 spiro atoms. The van der Waals surface area contributed by atoms with Gasteiger partial charge in [-0.3, -0.25) is 9.10 Å². The van der Waals surface area contributed by atoms with Crippen LogP contribution in [-0.4, -0.2) is 33.2 Å². The van der Waals surface area contributed by atoms with Gasteiger partial charge in [0.1, 0.15) is 6.54 Å². The molecule has 0 aliphatic carbocycles. The molecule has 22 heavy (non-hydrogen) atoms. The number of halogens is 2. The highest BCUT2D eigenvalue weighted by atomic mass is 32.2. The van der Waals surface area contributed by atoms with Gasteiger partial charge in [-0.1, -0.05) is 13.8 Å². The predicted molar refractivity (Wildman–Crippen MR) is 81.1 cm³/mol. The van der Waals surface area contributed by atoms with Crippen molar-refractivity contribution < 1.29 is 22.0 Å². The average Bonchev–Trinajstić information content (AvgIpc) is 2.44. The lowest BCUT2D eigenvalue weighted by atomic mass is 10.2. The van der Waals surface area contributed by atoms with Crippen LogP contribution in [0.5, 0.6) is 0 Å². The molecule has 1 aromatic rings. The largest absolute Gasteiger partial charge is 0.352 e. The Kier molecular flexibility index (Phi) is 6.28. The van der Waals surface area contributed by atoms with E-state index in [2.05, 4.69) is 5.32 Å². The van der Waals surface area contributed by atoms with Crippen molar-refractivity contribution in [3.05, 3.63) is 29.8 Å². The van der Waals surface area contributed by atoms with Gasteiger partial charge in [0, 0.05) is 12.1 Å². The zero-order valence-corrected chi connectivity index (χ0v) is 13.6. The number of nitrogens with one attached hydrogen (secondary N) is 1. The van der Waals surface area contributed by atoms with Crippen LogP contribution in [0.15, 0.2) is 18.2 Å². The molecular formula is C14H20F2N2O3S. The van der Waals surface area contributed by atoms with Gasteiger partial charge in [-0.2, -0.15) is 0 Å². The minimum atomic E-state index is -3.81. The van der Waals surface area contributed by atoms with E-state index in [4.69, 9.17) is 0 Å². The number of carbonyl (C=O) groups excluding carboxylic acids is 1. The second-order valence-electron chi connectivity index (χ2n) is 4.95. The molecule has 0 bridgehead atoms. The third kappa shape index (κ3) is 4.94. The number of amides is 1. The van der Waals surface area contributed by atoms with Gasteiger partial charge in [-0.05, 0) is 25.0 Å². The summed E-state index contributed by atoms with van der Waals surface area (Å²) in [4.78, 5) is 12.0. The van der Waals surface area contributed by atoms with Crippen LogP contribution in [0, 0.1) is 11.6 Å². The molecule has 0 aromatic heterocycles. The van der Waals surface area contributed by atoms with Gasteiger partial charge in [-0.25, -0.2) is 17.2 Å². The zero-order valence-electron chi connectivity index (χ0n) is 12.8. The van der Waals surface area contributed by atoms with E-state index in [0.717, 1.165) is 28.8 Å². The van der Waals surface area contributed by atoms with Crippen LogP contribution in [-0.2, 0) is 14.8 Å². The molecule has 124 valence electrons. The SMILES string of the molecule is CCC(CC)NC(=O)CN(c1ccc(F)c(F)c1)S(C)(=O)=O. The molecule has 0 atom stereocenters. The van der Waals surface area contributed by atoms with Crippen LogP contribution in [0.1, 0.15) is 26.7 Å². The van der Waals surface area contributed by atoms with E-state index in [9.17, 15) is 22.0 Å². The summed E-state index contributed by atoms with van der Waals surface area (Å²) in [6.07, 6.45) is 2.33. The highest BCUT2D eigenvalue weighted by Crippen LogP contribution is 2.20. The number of carbonyl (C=O) groups is 1. The molecule has 0 aliphatic rings. The molecule has 0 saturated heterocycles. The standard InChI is InChI=1S/C14H20F2N2O3S/c1-4-10(5-2)17-14(19)9-18(22(3,20)21)11-6-7-12(15)13(16)8-11/h6-8,10H,4-5,9H2,1-3H3,(H,17,19). The minimum absolute atomic E-state index is 0.0566.